The van der Waals surface area contributed by atoms with Crippen LogP contribution in [0.2, 0.25) is 5.02 Å². The van der Waals surface area contributed by atoms with E-state index in [0.29, 0.717) is 21.6 Å². The predicted octanol–water partition coefficient (Wildman–Crippen LogP) is 2.83. The number of hydrogen-bond donors (Lipinski definition) is 3. The third-order valence-electron chi connectivity index (χ3n) is 3.65. The molecule has 11 heteroatoms. The summed E-state index contributed by atoms with van der Waals surface area (Å²) in [5.74, 6) is 6.72. The van der Waals surface area contributed by atoms with Gasteiger partial charge in [0.2, 0.25) is 11.1 Å². The predicted molar refractivity (Wildman–Crippen MR) is 115 cm³/mol. The van der Waals surface area contributed by atoms with Crippen molar-refractivity contribution in [3.63, 3.8) is 0 Å². The van der Waals surface area contributed by atoms with Gasteiger partial charge in [-0.25, -0.2) is 10.1 Å². The molecule has 1 heterocycles. The highest BCUT2D eigenvalue weighted by Gasteiger charge is 2.12. The number of carbonyl (C=O) groups excluding carboxylic acids is 1. The molecule has 0 fully saturated rings. The number of nitrogens with two attached hydrogens (primary N) is 1. The van der Waals surface area contributed by atoms with Gasteiger partial charge >= 0.3 is 0 Å². The van der Waals surface area contributed by atoms with Crippen molar-refractivity contribution in [2.75, 3.05) is 29.4 Å². The summed E-state index contributed by atoms with van der Waals surface area (Å²) in [6.07, 6.45) is 1.58. The Hall–Kier alpha value is -3.24. The SMILES string of the molecule is COc1ccccc1/C=N/Nc1nnc(SCC(=O)Nc2ccccc2Cl)n1N. The van der Waals surface area contributed by atoms with E-state index in [1.54, 1.807) is 37.6 Å². The molecule has 0 spiro atoms. The Morgan fingerprint density at radius 3 is 2.83 bits per heavy atom. The lowest BCUT2D eigenvalue weighted by Crippen LogP contribution is -2.17. The fraction of sp³-hybridized carbons (Fsp3) is 0.111. The minimum absolute atomic E-state index is 0.0883. The van der Waals surface area contributed by atoms with Gasteiger partial charge in [-0.05, 0) is 24.3 Å². The van der Waals surface area contributed by atoms with Crippen LogP contribution in [-0.2, 0) is 4.79 Å². The van der Waals surface area contributed by atoms with Gasteiger partial charge in [0, 0.05) is 5.56 Å². The molecule has 1 aromatic heterocycles. The molecule has 150 valence electrons. The van der Waals surface area contributed by atoms with Crippen LogP contribution in [0.25, 0.3) is 0 Å². The number of hydrazone groups is 1. The molecule has 1 amide bonds. The quantitative estimate of drug-likeness (QED) is 0.217. The van der Waals surface area contributed by atoms with Gasteiger partial charge in [0.1, 0.15) is 5.75 Å². The molecule has 0 radical (unpaired) electrons. The van der Waals surface area contributed by atoms with Gasteiger partial charge in [-0.3, -0.25) is 4.79 Å². The first kappa shape index (κ1) is 20.5. The number of ether oxygens (including phenoxy) is 1. The minimum atomic E-state index is -0.241. The normalized spacial score (nSPS) is 10.8. The van der Waals surface area contributed by atoms with Crippen LogP contribution in [-0.4, -0.2) is 39.9 Å². The molecule has 3 aromatic rings. The zero-order chi connectivity index (χ0) is 20.6. The molecular weight excluding hydrogens is 414 g/mol. The van der Waals surface area contributed by atoms with E-state index >= 15 is 0 Å². The number of nitrogen functional groups attached to an aromatic ring is 1. The van der Waals surface area contributed by atoms with Crippen molar-refractivity contribution in [1.82, 2.24) is 14.9 Å². The largest absolute Gasteiger partial charge is 0.496 e. The van der Waals surface area contributed by atoms with Gasteiger partial charge in [0.05, 0.1) is 29.8 Å². The molecule has 0 saturated heterocycles. The lowest BCUT2D eigenvalue weighted by atomic mass is 10.2. The minimum Gasteiger partial charge on any atom is -0.496 e. The lowest BCUT2D eigenvalue weighted by Gasteiger charge is -2.06. The number of anilines is 2. The molecule has 0 aliphatic heterocycles. The Labute approximate surface area is 176 Å². The lowest BCUT2D eigenvalue weighted by molar-refractivity contribution is -0.113. The van der Waals surface area contributed by atoms with Crippen LogP contribution >= 0.6 is 23.4 Å². The van der Waals surface area contributed by atoms with Crippen LogP contribution in [0.15, 0.2) is 58.8 Å². The summed E-state index contributed by atoms with van der Waals surface area (Å²) in [5.41, 5.74) is 4.05. The number of halogens is 1. The Morgan fingerprint density at radius 1 is 1.28 bits per heavy atom. The van der Waals surface area contributed by atoms with E-state index in [1.807, 2.05) is 24.3 Å². The fourth-order valence-electron chi connectivity index (χ4n) is 2.26. The molecule has 9 nitrogen and oxygen atoms in total. The number of benzene rings is 2. The molecule has 0 bridgehead atoms. The molecule has 0 unspecified atom stereocenters. The number of carbonyl (C=O) groups is 1. The maximum absolute atomic E-state index is 12.1. The summed E-state index contributed by atoms with van der Waals surface area (Å²) >= 11 is 7.16. The number of aromatic nitrogens is 3. The second kappa shape index (κ2) is 9.80. The van der Waals surface area contributed by atoms with E-state index in [9.17, 15) is 4.79 Å². The summed E-state index contributed by atoms with van der Waals surface area (Å²) in [6, 6.07) is 14.4. The van der Waals surface area contributed by atoms with Crippen LogP contribution in [0, 0.1) is 0 Å². The number of nitrogens with zero attached hydrogens (tertiary/aromatic N) is 4. The molecule has 2 aromatic carbocycles. The van der Waals surface area contributed by atoms with Gasteiger partial charge in [-0.1, -0.05) is 47.6 Å². The Morgan fingerprint density at radius 2 is 2.03 bits per heavy atom. The molecular formula is C18H18ClN7O2S. The van der Waals surface area contributed by atoms with Crippen LogP contribution in [0.3, 0.4) is 0 Å². The number of thioether (sulfide) groups is 1. The summed E-state index contributed by atoms with van der Waals surface area (Å²) in [7, 11) is 1.59. The number of methoxy groups -OCH3 is 1. The molecule has 0 aliphatic rings. The van der Waals surface area contributed by atoms with Crippen molar-refractivity contribution >= 4 is 47.1 Å². The summed E-state index contributed by atoms with van der Waals surface area (Å²) in [6.45, 7) is 0. The van der Waals surface area contributed by atoms with E-state index in [4.69, 9.17) is 22.2 Å². The van der Waals surface area contributed by atoms with Crippen molar-refractivity contribution < 1.29 is 9.53 Å². The molecule has 0 atom stereocenters. The average Bonchev–Trinajstić information content (AvgIpc) is 3.08. The Kier molecular flexibility index (Phi) is 6.93. The van der Waals surface area contributed by atoms with E-state index in [1.165, 1.54) is 4.68 Å². The summed E-state index contributed by atoms with van der Waals surface area (Å²) < 4.78 is 6.47. The van der Waals surface area contributed by atoms with E-state index in [-0.39, 0.29) is 17.6 Å². The van der Waals surface area contributed by atoms with E-state index < -0.39 is 0 Å². The number of amides is 1. The van der Waals surface area contributed by atoms with Crippen molar-refractivity contribution in [3.8, 4) is 5.75 Å². The van der Waals surface area contributed by atoms with E-state index in [0.717, 1.165) is 17.3 Å². The van der Waals surface area contributed by atoms with Crippen LogP contribution < -0.4 is 21.3 Å². The first-order chi connectivity index (χ1) is 14.1. The fourth-order valence-corrected chi connectivity index (χ4v) is 3.10. The first-order valence-corrected chi connectivity index (χ1v) is 9.74. The van der Waals surface area contributed by atoms with Gasteiger partial charge in [-0.15, -0.1) is 10.2 Å². The number of nitrogens with one attached hydrogen (secondary N) is 2. The molecule has 3 rings (SSSR count). The maximum atomic E-state index is 12.1. The van der Waals surface area contributed by atoms with Crippen molar-refractivity contribution in [1.29, 1.82) is 0 Å². The zero-order valence-corrected chi connectivity index (χ0v) is 16.9. The van der Waals surface area contributed by atoms with Crippen molar-refractivity contribution in [2.45, 2.75) is 5.16 Å². The van der Waals surface area contributed by atoms with Crippen molar-refractivity contribution in [3.05, 3.63) is 59.1 Å². The van der Waals surface area contributed by atoms with Gasteiger partial charge in [0.15, 0.2) is 0 Å². The Bertz CT molecular complexity index is 1020. The second-order valence-electron chi connectivity index (χ2n) is 5.60. The smallest absolute Gasteiger partial charge is 0.264 e. The highest BCUT2D eigenvalue weighted by molar-refractivity contribution is 7.99. The third-order valence-corrected chi connectivity index (χ3v) is 4.92. The summed E-state index contributed by atoms with van der Waals surface area (Å²) in [5, 5.41) is 15.5. The number of hydrogen-bond acceptors (Lipinski definition) is 8. The molecule has 0 saturated carbocycles. The van der Waals surface area contributed by atoms with Gasteiger partial charge < -0.3 is 15.9 Å². The van der Waals surface area contributed by atoms with Gasteiger partial charge in [-0.2, -0.15) is 5.10 Å². The molecule has 0 aliphatic carbocycles. The molecule has 29 heavy (non-hydrogen) atoms. The highest BCUT2D eigenvalue weighted by Crippen LogP contribution is 2.22. The van der Waals surface area contributed by atoms with Crippen molar-refractivity contribution in [2.24, 2.45) is 5.10 Å². The number of para-hydroxylation sites is 2. The van der Waals surface area contributed by atoms with Crippen LogP contribution in [0.4, 0.5) is 11.6 Å². The van der Waals surface area contributed by atoms with Gasteiger partial charge in [0.25, 0.3) is 5.95 Å². The molecule has 4 N–H and O–H groups in total. The number of rotatable bonds is 8. The standard InChI is InChI=1S/C18H18ClN7O2S/c1-28-15-9-5-2-6-12(15)10-21-23-17-24-25-18(26(17)20)29-11-16(27)22-14-8-4-3-7-13(14)19/h2-10H,11,20H2,1H3,(H,22,27)(H,23,24)/b21-10+. The Balaban J connectivity index is 1.56. The third kappa shape index (κ3) is 5.39. The second-order valence-corrected chi connectivity index (χ2v) is 6.95. The topological polar surface area (TPSA) is 119 Å². The zero-order valence-electron chi connectivity index (χ0n) is 15.4. The summed E-state index contributed by atoms with van der Waals surface area (Å²) in [4.78, 5) is 12.1. The van der Waals surface area contributed by atoms with Crippen LogP contribution in [0.5, 0.6) is 5.75 Å². The monoisotopic (exact) mass is 431 g/mol. The first-order valence-electron chi connectivity index (χ1n) is 8.38. The van der Waals surface area contributed by atoms with Crippen LogP contribution in [0.1, 0.15) is 5.56 Å². The van der Waals surface area contributed by atoms with E-state index in [2.05, 4.69) is 26.0 Å². The maximum Gasteiger partial charge on any atom is 0.264 e. The highest BCUT2D eigenvalue weighted by atomic mass is 35.5. The average molecular weight is 432 g/mol.